The van der Waals surface area contributed by atoms with E-state index in [1.54, 1.807) is 25.1 Å². The van der Waals surface area contributed by atoms with Crippen molar-refractivity contribution in [2.24, 2.45) is 4.99 Å². The summed E-state index contributed by atoms with van der Waals surface area (Å²) in [5.41, 5.74) is 4.89. The van der Waals surface area contributed by atoms with E-state index in [0.29, 0.717) is 40.4 Å². The number of nitrogens with one attached hydrogen (secondary N) is 1. The molecule has 2 aromatic carbocycles. The van der Waals surface area contributed by atoms with Crippen LogP contribution in [0.15, 0.2) is 53.7 Å². The number of carbonyl (C=O) groups excluding carboxylic acids is 1. The van der Waals surface area contributed by atoms with Gasteiger partial charge in [0.15, 0.2) is 0 Å². The predicted molar refractivity (Wildman–Crippen MR) is 110 cm³/mol. The highest BCUT2D eigenvalue weighted by atomic mass is 19.1. The molecular weight excluding hydrogens is 383 g/mol. The molecule has 0 atom stereocenters. The van der Waals surface area contributed by atoms with Gasteiger partial charge in [-0.2, -0.15) is 5.26 Å². The summed E-state index contributed by atoms with van der Waals surface area (Å²) in [5, 5.41) is 11.8. The minimum absolute atomic E-state index is 0.248. The molecule has 0 radical (unpaired) electrons. The van der Waals surface area contributed by atoms with Crippen molar-refractivity contribution < 1.29 is 13.9 Å². The lowest BCUT2D eigenvalue weighted by Crippen LogP contribution is -2.16. The van der Waals surface area contributed by atoms with E-state index < -0.39 is 5.82 Å². The standard InChI is InChI=1S/C23H17FN4O2/c1-13-5-14(10-25)11-26-21(13)23(29)28-18-4-3-15-12-27-22(20(15)9-18)16-6-17(24)8-19(7-16)30-2/h3-9,11H,12H2,1-2H3,(H,28,29). The maximum atomic E-state index is 14.0. The van der Waals surface area contributed by atoms with Gasteiger partial charge in [0.05, 0.1) is 24.9 Å². The summed E-state index contributed by atoms with van der Waals surface area (Å²) in [5.74, 6) is -0.374. The topological polar surface area (TPSA) is 87.4 Å². The second-order valence-corrected chi connectivity index (χ2v) is 6.87. The predicted octanol–water partition coefficient (Wildman–Crippen LogP) is 4.01. The number of nitrogens with zero attached hydrogens (tertiary/aromatic N) is 3. The fourth-order valence-corrected chi connectivity index (χ4v) is 3.39. The van der Waals surface area contributed by atoms with Crippen LogP contribution >= 0.6 is 0 Å². The van der Waals surface area contributed by atoms with Crippen molar-refractivity contribution in [1.29, 1.82) is 5.26 Å². The number of aliphatic imine (C=N–C) groups is 1. The molecule has 1 aliphatic heterocycles. The van der Waals surface area contributed by atoms with Crippen LogP contribution < -0.4 is 10.1 Å². The third-order valence-corrected chi connectivity index (χ3v) is 4.83. The van der Waals surface area contributed by atoms with Crippen LogP contribution in [0.2, 0.25) is 0 Å². The SMILES string of the molecule is COc1cc(F)cc(C2=NCc3ccc(NC(=O)c4ncc(C#N)cc4C)cc32)c1. The van der Waals surface area contributed by atoms with Gasteiger partial charge in [-0.3, -0.25) is 9.79 Å². The molecular formula is C23H17FN4O2. The van der Waals surface area contributed by atoms with E-state index in [1.807, 2.05) is 18.2 Å². The number of carbonyl (C=O) groups is 1. The van der Waals surface area contributed by atoms with Crippen molar-refractivity contribution in [2.45, 2.75) is 13.5 Å². The van der Waals surface area contributed by atoms with Crippen molar-refractivity contribution in [3.05, 3.63) is 88.0 Å². The lowest BCUT2D eigenvalue weighted by atomic mass is 9.99. The van der Waals surface area contributed by atoms with E-state index >= 15 is 0 Å². The highest BCUT2D eigenvalue weighted by molar-refractivity contribution is 6.16. The molecule has 0 spiro atoms. The number of methoxy groups -OCH3 is 1. The molecule has 4 rings (SSSR count). The van der Waals surface area contributed by atoms with Crippen molar-refractivity contribution in [1.82, 2.24) is 4.98 Å². The Morgan fingerprint density at radius 2 is 2.07 bits per heavy atom. The van der Waals surface area contributed by atoms with Gasteiger partial charge < -0.3 is 10.1 Å². The first-order chi connectivity index (χ1) is 14.5. The summed E-state index contributed by atoms with van der Waals surface area (Å²) < 4.78 is 19.1. The van der Waals surface area contributed by atoms with Crippen LogP contribution in [-0.2, 0) is 6.54 Å². The van der Waals surface area contributed by atoms with E-state index in [4.69, 9.17) is 10.00 Å². The van der Waals surface area contributed by atoms with Crippen LogP contribution in [0.1, 0.15) is 38.3 Å². The Balaban J connectivity index is 1.63. The summed E-state index contributed by atoms with van der Waals surface area (Å²) in [7, 11) is 1.48. The second kappa shape index (κ2) is 7.76. The molecule has 6 nitrogen and oxygen atoms in total. The molecule has 30 heavy (non-hydrogen) atoms. The molecule has 2 heterocycles. The van der Waals surface area contributed by atoms with Gasteiger partial charge in [0, 0.05) is 29.1 Å². The molecule has 1 amide bonds. The average molecular weight is 400 g/mol. The Morgan fingerprint density at radius 1 is 1.23 bits per heavy atom. The molecule has 148 valence electrons. The summed E-state index contributed by atoms with van der Waals surface area (Å²) >= 11 is 0. The molecule has 1 aromatic heterocycles. The molecule has 0 saturated heterocycles. The lowest BCUT2D eigenvalue weighted by Gasteiger charge is -2.11. The van der Waals surface area contributed by atoms with Crippen molar-refractivity contribution in [2.75, 3.05) is 12.4 Å². The van der Waals surface area contributed by atoms with Gasteiger partial charge >= 0.3 is 0 Å². The lowest BCUT2D eigenvalue weighted by molar-refractivity contribution is 0.102. The van der Waals surface area contributed by atoms with E-state index in [0.717, 1.165) is 11.1 Å². The number of halogens is 1. The normalized spacial score (nSPS) is 12.0. The summed E-state index contributed by atoms with van der Waals surface area (Å²) in [6, 6.07) is 13.6. The van der Waals surface area contributed by atoms with Gasteiger partial charge in [-0.05, 0) is 48.4 Å². The quantitative estimate of drug-likeness (QED) is 0.717. The van der Waals surface area contributed by atoms with Crippen LogP contribution in [0.25, 0.3) is 0 Å². The number of fused-ring (bicyclic) bond motifs is 1. The van der Waals surface area contributed by atoms with Crippen LogP contribution in [0, 0.1) is 24.1 Å². The van der Waals surface area contributed by atoms with Gasteiger partial charge in [0.25, 0.3) is 5.91 Å². The number of hydrogen-bond acceptors (Lipinski definition) is 5. The zero-order valence-electron chi connectivity index (χ0n) is 16.4. The average Bonchev–Trinajstić information content (AvgIpc) is 3.16. The molecule has 3 aromatic rings. The Bertz CT molecular complexity index is 1240. The number of aryl methyl sites for hydroxylation is 1. The Labute approximate surface area is 172 Å². The Hall–Kier alpha value is -4.05. The number of pyridine rings is 1. The van der Waals surface area contributed by atoms with E-state index in [2.05, 4.69) is 15.3 Å². The van der Waals surface area contributed by atoms with Gasteiger partial charge in [0.1, 0.15) is 23.3 Å². The number of rotatable bonds is 4. The second-order valence-electron chi connectivity index (χ2n) is 6.87. The van der Waals surface area contributed by atoms with Crippen LogP contribution in [0.3, 0.4) is 0 Å². The molecule has 1 N–H and O–H groups in total. The third-order valence-electron chi connectivity index (χ3n) is 4.83. The van der Waals surface area contributed by atoms with E-state index in [9.17, 15) is 9.18 Å². The number of ether oxygens (including phenoxy) is 1. The molecule has 0 fully saturated rings. The third kappa shape index (κ3) is 3.63. The zero-order chi connectivity index (χ0) is 21.3. The number of aromatic nitrogens is 1. The zero-order valence-corrected chi connectivity index (χ0v) is 16.4. The Morgan fingerprint density at radius 3 is 2.80 bits per heavy atom. The van der Waals surface area contributed by atoms with Gasteiger partial charge in [0.2, 0.25) is 0 Å². The van der Waals surface area contributed by atoms with Crippen molar-refractivity contribution in [3.63, 3.8) is 0 Å². The molecule has 0 aliphatic carbocycles. The highest BCUT2D eigenvalue weighted by Gasteiger charge is 2.20. The molecule has 0 saturated carbocycles. The molecule has 1 aliphatic rings. The first kappa shape index (κ1) is 19.3. The fraction of sp³-hybridized carbons (Fsp3) is 0.130. The highest BCUT2D eigenvalue weighted by Crippen LogP contribution is 2.28. The number of amides is 1. The fourth-order valence-electron chi connectivity index (χ4n) is 3.39. The largest absolute Gasteiger partial charge is 0.497 e. The summed E-state index contributed by atoms with van der Waals surface area (Å²) in [6.07, 6.45) is 1.37. The monoisotopic (exact) mass is 400 g/mol. The molecule has 0 bridgehead atoms. The van der Waals surface area contributed by atoms with Gasteiger partial charge in [-0.1, -0.05) is 6.07 Å². The van der Waals surface area contributed by atoms with Gasteiger partial charge in [-0.15, -0.1) is 0 Å². The number of benzene rings is 2. The number of nitriles is 1. The van der Waals surface area contributed by atoms with Crippen molar-refractivity contribution in [3.8, 4) is 11.8 Å². The molecule has 7 heteroatoms. The summed E-state index contributed by atoms with van der Waals surface area (Å²) in [6.45, 7) is 2.21. The van der Waals surface area contributed by atoms with Gasteiger partial charge in [-0.25, -0.2) is 9.37 Å². The Kier molecular flexibility index (Phi) is 4.98. The maximum Gasteiger partial charge on any atom is 0.274 e. The van der Waals surface area contributed by atoms with E-state index in [1.165, 1.54) is 25.4 Å². The number of hydrogen-bond donors (Lipinski definition) is 1. The van der Waals surface area contributed by atoms with E-state index in [-0.39, 0.29) is 11.6 Å². The maximum absolute atomic E-state index is 14.0. The minimum atomic E-state index is -0.410. The van der Waals surface area contributed by atoms with Crippen LogP contribution in [0.4, 0.5) is 10.1 Å². The summed E-state index contributed by atoms with van der Waals surface area (Å²) in [4.78, 5) is 21.3. The van der Waals surface area contributed by atoms with Crippen LogP contribution in [-0.4, -0.2) is 23.7 Å². The number of anilines is 1. The molecule has 0 unspecified atom stereocenters. The smallest absolute Gasteiger partial charge is 0.274 e. The first-order valence-electron chi connectivity index (χ1n) is 9.19. The van der Waals surface area contributed by atoms with Crippen molar-refractivity contribution >= 4 is 17.3 Å². The minimum Gasteiger partial charge on any atom is -0.497 e. The first-order valence-corrected chi connectivity index (χ1v) is 9.19. The van der Waals surface area contributed by atoms with Crippen LogP contribution in [0.5, 0.6) is 5.75 Å².